The summed E-state index contributed by atoms with van der Waals surface area (Å²) in [4.78, 5) is 4.37. The standard InChI is InChI=1S/C18H31N3O2.HI/c1-13(2)10-15(4)23-17-11-14(3)6-7-16(17)12-21-18(19)20-8-9-22-5;/h6-7,11,13,15H,8-10,12H2,1-5H3,(H3,19,20,21);1H. The Labute approximate surface area is 163 Å². The molecule has 0 aromatic heterocycles. The van der Waals surface area contributed by atoms with E-state index in [0.717, 1.165) is 17.7 Å². The molecule has 5 nitrogen and oxygen atoms in total. The Morgan fingerprint density at radius 3 is 2.62 bits per heavy atom. The molecule has 0 heterocycles. The van der Waals surface area contributed by atoms with E-state index in [1.54, 1.807) is 7.11 Å². The van der Waals surface area contributed by atoms with Gasteiger partial charge in [0, 0.05) is 19.2 Å². The van der Waals surface area contributed by atoms with Crippen LogP contribution in [0, 0.1) is 12.8 Å². The van der Waals surface area contributed by atoms with Gasteiger partial charge in [-0.2, -0.15) is 0 Å². The lowest BCUT2D eigenvalue weighted by atomic mass is 10.1. The zero-order chi connectivity index (χ0) is 17.2. The van der Waals surface area contributed by atoms with E-state index in [9.17, 15) is 0 Å². The molecule has 1 aromatic carbocycles. The first-order valence-electron chi connectivity index (χ1n) is 8.21. The summed E-state index contributed by atoms with van der Waals surface area (Å²) in [5.41, 5.74) is 8.07. The zero-order valence-corrected chi connectivity index (χ0v) is 17.8. The number of nitrogens with one attached hydrogen (secondary N) is 1. The van der Waals surface area contributed by atoms with Crippen molar-refractivity contribution in [2.75, 3.05) is 20.3 Å². The van der Waals surface area contributed by atoms with Crippen molar-refractivity contribution in [1.29, 1.82) is 0 Å². The van der Waals surface area contributed by atoms with Crippen molar-refractivity contribution in [1.82, 2.24) is 5.32 Å². The van der Waals surface area contributed by atoms with Crippen LogP contribution < -0.4 is 15.8 Å². The van der Waals surface area contributed by atoms with Gasteiger partial charge in [-0.3, -0.25) is 0 Å². The van der Waals surface area contributed by atoms with Gasteiger partial charge in [-0.1, -0.05) is 26.0 Å². The van der Waals surface area contributed by atoms with Gasteiger partial charge in [0.2, 0.25) is 0 Å². The highest BCUT2D eigenvalue weighted by atomic mass is 127. The zero-order valence-electron chi connectivity index (χ0n) is 15.5. The van der Waals surface area contributed by atoms with Crippen LogP contribution in [0.2, 0.25) is 0 Å². The van der Waals surface area contributed by atoms with Crippen molar-refractivity contribution in [2.24, 2.45) is 16.6 Å². The van der Waals surface area contributed by atoms with Gasteiger partial charge in [-0.15, -0.1) is 24.0 Å². The summed E-state index contributed by atoms with van der Waals surface area (Å²) >= 11 is 0. The molecule has 0 spiro atoms. The number of hydrogen-bond acceptors (Lipinski definition) is 3. The Kier molecular flexibility index (Phi) is 11.8. The molecule has 0 saturated carbocycles. The van der Waals surface area contributed by atoms with E-state index in [1.807, 2.05) is 0 Å². The largest absolute Gasteiger partial charge is 0.490 e. The number of aryl methyl sites for hydroxylation is 1. The minimum absolute atomic E-state index is 0. The third-order valence-corrected chi connectivity index (χ3v) is 3.39. The van der Waals surface area contributed by atoms with E-state index in [1.165, 1.54) is 5.56 Å². The highest BCUT2D eigenvalue weighted by Crippen LogP contribution is 2.24. The monoisotopic (exact) mass is 449 g/mol. The maximum atomic E-state index is 6.12. The van der Waals surface area contributed by atoms with Gasteiger partial charge in [0.25, 0.3) is 0 Å². The van der Waals surface area contributed by atoms with Crippen LogP contribution in [-0.4, -0.2) is 32.3 Å². The second kappa shape index (κ2) is 12.4. The first-order chi connectivity index (χ1) is 10.9. The average Bonchev–Trinajstić information content (AvgIpc) is 2.45. The first kappa shape index (κ1) is 23.0. The summed E-state index contributed by atoms with van der Waals surface area (Å²) in [5, 5.41) is 3.01. The van der Waals surface area contributed by atoms with E-state index in [0.29, 0.717) is 31.6 Å². The first-order valence-corrected chi connectivity index (χ1v) is 8.21. The molecule has 1 unspecified atom stereocenters. The maximum absolute atomic E-state index is 6.12. The quantitative estimate of drug-likeness (QED) is 0.262. The number of ether oxygens (including phenoxy) is 2. The molecule has 24 heavy (non-hydrogen) atoms. The van der Waals surface area contributed by atoms with Gasteiger partial charge < -0.3 is 20.5 Å². The van der Waals surface area contributed by atoms with E-state index in [2.05, 4.69) is 56.2 Å². The number of aliphatic imine (C=N–C) groups is 1. The number of methoxy groups -OCH3 is 1. The number of rotatable bonds is 9. The van der Waals surface area contributed by atoms with Crippen LogP contribution in [0.25, 0.3) is 0 Å². The molecule has 3 N–H and O–H groups in total. The summed E-state index contributed by atoms with van der Waals surface area (Å²) in [6, 6.07) is 6.19. The SMILES string of the molecule is COCCNC(N)=NCc1ccc(C)cc1OC(C)CC(C)C.I. The maximum Gasteiger partial charge on any atom is 0.189 e. The molecule has 0 amide bonds. The molecule has 0 aliphatic carbocycles. The van der Waals surface area contributed by atoms with Crippen molar-refractivity contribution in [2.45, 2.75) is 46.8 Å². The average molecular weight is 449 g/mol. The number of nitrogens with zero attached hydrogens (tertiary/aromatic N) is 1. The minimum atomic E-state index is 0. The molecule has 0 radical (unpaired) electrons. The fourth-order valence-corrected chi connectivity index (χ4v) is 2.34. The topological polar surface area (TPSA) is 68.9 Å². The molecule has 6 heteroatoms. The molecular weight excluding hydrogens is 417 g/mol. The normalized spacial score (nSPS) is 12.7. The fourth-order valence-electron chi connectivity index (χ4n) is 2.34. The molecule has 0 aliphatic rings. The van der Waals surface area contributed by atoms with Crippen LogP contribution in [0.1, 0.15) is 38.3 Å². The van der Waals surface area contributed by atoms with Crippen LogP contribution in [0.5, 0.6) is 5.75 Å². The van der Waals surface area contributed by atoms with Crippen LogP contribution in [0.3, 0.4) is 0 Å². The molecule has 1 aromatic rings. The molecule has 1 rings (SSSR count). The van der Waals surface area contributed by atoms with Gasteiger partial charge in [0.15, 0.2) is 5.96 Å². The number of nitrogens with two attached hydrogens (primary N) is 1. The highest BCUT2D eigenvalue weighted by molar-refractivity contribution is 14.0. The number of halogens is 1. The Balaban J connectivity index is 0.00000529. The molecule has 0 fully saturated rings. The summed E-state index contributed by atoms with van der Waals surface area (Å²) in [6.07, 6.45) is 1.20. The second-order valence-electron chi connectivity index (χ2n) is 6.29. The Hall–Kier alpha value is -1.02. The van der Waals surface area contributed by atoms with Crippen LogP contribution in [0.4, 0.5) is 0 Å². The number of benzene rings is 1. The highest BCUT2D eigenvalue weighted by Gasteiger charge is 2.10. The fraction of sp³-hybridized carbons (Fsp3) is 0.611. The van der Waals surface area contributed by atoms with Gasteiger partial charge in [0.1, 0.15) is 5.75 Å². The molecule has 138 valence electrons. The predicted molar refractivity (Wildman–Crippen MR) is 111 cm³/mol. The summed E-state index contributed by atoms with van der Waals surface area (Å²) in [5.74, 6) is 1.92. The van der Waals surface area contributed by atoms with E-state index < -0.39 is 0 Å². The lowest BCUT2D eigenvalue weighted by Crippen LogP contribution is -2.34. The third kappa shape index (κ3) is 9.32. The van der Waals surface area contributed by atoms with Gasteiger partial charge in [-0.25, -0.2) is 4.99 Å². The predicted octanol–water partition coefficient (Wildman–Crippen LogP) is 3.48. The van der Waals surface area contributed by atoms with Crippen LogP contribution in [0.15, 0.2) is 23.2 Å². The molecular formula is C18H32IN3O2. The summed E-state index contributed by atoms with van der Waals surface area (Å²) in [6.45, 7) is 10.3. The minimum Gasteiger partial charge on any atom is -0.490 e. The van der Waals surface area contributed by atoms with Gasteiger partial charge in [-0.05, 0) is 37.8 Å². The molecule has 0 bridgehead atoms. The molecule has 0 saturated heterocycles. The lowest BCUT2D eigenvalue weighted by molar-refractivity contribution is 0.191. The Morgan fingerprint density at radius 1 is 1.29 bits per heavy atom. The summed E-state index contributed by atoms with van der Waals surface area (Å²) in [7, 11) is 1.66. The smallest absolute Gasteiger partial charge is 0.189 e. The van der Waals surface area contributed by atoms with Crippen molar-refractivity contribution in [3.63, 3.8) is 0 Å². The molecule has 0 aliphatic heterocycles. The van der Waals surface area contributed by atoms with Crippen molar-refractivity contribution < 1.29 is 9.47 Å². The Morgan fingerprint density at radius 2 is 2.00 bits per heavy atom. The van der Waals surface area contributed by atoms with Crippen molar-refractivity contribution >= 4 is 29.9 Å². The molecule has 1 atom stereocenters. The van der Waals surface area contributed by atoms with Crippen molar-refractivity contribution in [3.8, 4) is 5.75 Å². The third-order valence-electron chi connectivity index (χ3n) is 3.39. The van der Waals surface area contributed by atoms with Gasteiger partial charge in [0.05, 0.1) is 19.3 Å². The van der Waals surface area contributed by atoms with E-state index in [4.69, 9.17) is 15.2 Å². The van der Waals surface area contributed by atoms with Crippen molar-refractivity contribution in [3.05, 3.63) is 29.3 Å². The Bertz CT molecular complexity index is 507. The van der Waals surface area contributed by atoms with Crippen LogP contribution >= 0.6 is 24.0 Å². The second-order valence-corrected chi connectivity index (χ2v) is 6.29. The van der Waals surface area contributed by atoms with E-state index in [-0.39, 0.29) is 30.1 Å². The van der Waals surface area contributed by atoms with Gasteiger partial charge >= 0.3 is 0 Å². The van der Waals surface area contributed by atoms with Crippen LogP contribution in [-0.2, 0) is 11.3 Å². The number of hydrogen-bond donors (Lipinski definition) is 2. The lowest BCUT2D eigenvalue weighted by Gasteiger charge is -2.19. The van der Waals surface area contributed by atoms with E-state index >= 15 is 0 Å². The summed E-state index contributed by atoms with van der Waals surface area (Å²) < 4.78 is 11.1. The number of guanidine groups is 1.